The number of para-hydroxylation sites is 3. The molecule has 166 valence electrons. The van der Waals surface area contributed by atoms with Crippen molar-refractivity contribution in [1.82, 2.24) is 9.80 Å². The average Bonchev–Trinajstić information content (AvgIpc) is 3.21. The molecule has 1 atom stereocenters. The maximum Gasteiger partial charge on any atom is 0.290 e. The lowest BCUT2D eigenvalue weighted by Gasteiger charge is -2.37. The Morgan fingerprint density at radius 2 is 1.66 bits per heavy atom. The van der Waals surface area contributed by atoms with Crippen molar-refractivity contribution in [2.45, 2.75) is 12.7 Å². The number of hydrogen-bond donors (Lipinski definition) is 0. The van der Waals surface area contributed by atoms with E-state index in [0.29, 0.717) is 49.0 Å². The van der Waals surface area contributed by atoms with Gasteiger partial charge in [-0.15, -0.1) is 0 Å². The first-order valence-electron chi connectivity index (χ1n) is 10.6. The molecule has 0 saturated carbocycles. The number of methoxy groups -OCH3 is 1. The van der Waals surface area contributed by atoms with Crippen LogP contribution in [0.2, 0.25) is 0 Å². The van der Waals surface area contributed by atoms with Crippen LogP contribution in [0.25, 0.3) is 11.0 Å². The zero-order valence-electron chi connectivity index (χ0n) is 17.8. The van der Waals surface area contributed by atoms with E-state index in [1.165, 1.54) is 0 Å². The molecule has 0 aliphatic carbocycles. The summed E-state index contributed by atoms with van der Waals surface area (Å²) in [6.07, 6.45) is -0.684. The maximum absolute atomic E-state index is 13.2. The number of ether oxygens (including phenoxy) is 3. The molecular formula is C24H24N2O6. The van der Waals surface area contributed by atoms with Gasteiger partial charge in [0.2, 0.25) is 6.10 Å². The van der Waals surface area contributed by atoms with E-state index in [2.05, 4.69) is 0 Å². The Hall–Kier alpha value is -3.52. The normalized spacial score (nSPS) is 18.1. The van der Waals surface area contributed by atoms with E-state index in [0.717, 1.165) is 10.9 Å². The molecule has 2 aliphatic rings. The lowest BCUT2D eigenvalue weighted by molar-refractivity contribution is -0.142. The maximum atomic E-state index is 13.2. The van der Waals surface area contributed by atoms with E-state index < -0.39 is 6.10 Å². The van der Waals surface area contributed by atoms with Gasteiger partial charge in [0.25, 0.3) is 11.8 Å². The van der Waals surface area contributed by atoms with Gasteiger partial charge in [0.05, 0.1) is 6.61 Å². The lowest BCUT2D eigenvalue weighted by atomic mass is 10.1. The Kier molecular flexibility index (Phi) is 5.45. The molecule has 8 nitrogen and oxygen atoms in total. The number of nitrogens with zero attached hydrogens (tertiary/aromatic N) is 2. The van der Waals surface area contributed by atoms with Crippen LogP contribution >= 0.6 is 0 Å². The highest BCUT2D eigenvalue weighted by Crippen LogP contribution is 2.32. The van der Waals surface area contributed by atoms with Gasteiger partial charge in [0.15, 0.2) is 17.3 Å². The Bertz CT molecular complexity index is 1150. The molecule has 0 N–H and O–H groups in total. The summed E-state index contributed by atoms with van der Waals surface area (Å²) >= 11 is 0. The summed E-state index contributed by atoms with van der Waals surface area (Å²) in [6.45, 7) is 2.14. The fraction of sp³-hybridized carbons (Fsp3) is 0.333. The van der Waals surface area contributed by atoms with Crippen molar-refractivity contribution < 1.29 is 28.2 Å². The molecule has 8 heteroatoms. The standard InChI is InChI=1S/C24H24N2O6/c1-29-14-17-16-6-2-3-7-18(16)32-22(17)24(28)26-12-10-25(11-13-26)23(27)21-15-30-19-8-4-5-9-20(19)31-21/h2-9,21H,10-15H2,1H3/t21-/m1/s1. The van der Waals surface area contributed by atoms with E-state index >= 15 is 0 Å². The molecule has 1 fully saturated rings. The number of piperazine rings is 1. The van der Waals surface area contributed by atoms with Gasteiger partial charge in [-0.25, -0.2) is 0 Å². The number of rotatable bonds is 4. The molecule has 3 heterocycles. The van der Waals surface area contributed by atoms with Crippen LogP contribution in [0.15, 0.2) is 52.9 Å². The molecule has 1 saturated heterocycles. The smallest absolute Gasteiger partial charge is 0.290 e. The predicted octanol–water partition coefficient (Wildman–Crippen LogP) is 2.70. The number of benzene rings is 2. The monoisotopic (exact) mass is 436 g/mol. The van der Waals surface area contributed by atoms with Crippen LogP contribution < -0.4 is 9.47 Å². The molecule has 1 aromatic heterocycles. The number of furan rings is 1. The van der Waals surface area contributed by atoms with E-state index in [-0.39, 0.29) is 25.0 Å². The summed E-state index contributed by atoms with van der Waals surface area (Å²) in [5.41, 5.74) is 1.41. The summed E-state index contributed by atoms with van der Waals surface area (Å²) in [4.78, 5) is 29.6. The van der Waals surface area contributed by atoms with Crippen LogP contribution in [-0.4, -0.2) is 67.6 Å². The Morgan fingerprint density at radius 1 is 0.969 bits per heavy atom. The minimum Gasteiger partial charge on any atom is -0.485 e. The third-order valence-electron chi connectivity index (χ3n) is 5.84. The Labute approximate surface area is 185 Å². The van der Waals surface area contributed by atoms with Gasteiger partial charge in [-0.3, -0.25) is 9.59 Å². The molecule has 0 bridgehead atoms. The number of hydrogen-bond acceptors (Lipinski definition) is 6. The number of carbonyl (C=O) groups is 2. The van der Waals surface area contributed by atoms with E-state index in [1.807, 2.05) is 42.5 Å². The first-order chi connectivity index (χ1) is 15.7. The van der Waals surface area contributed by atoms with Crippen LogP contribution in [0.3, 0.4) is 0 Å². The second-order valence-electron chi connectivity index (χ2n) is 7.82. The molecule has 0 unspecified atom stereocenters. The van der Waals surface area contributed by atoms with Crippen LogP contribution in [-0.2, 0) is 16.1 Å². The number of carbonyl (C=O) groups excluding carboxylic acids is 2. The largest absolute Gasteiger partial charge is 0.485 e. The zero-order chi connectivity index (χ0) is 22.1. The minimum absolute atomic E-state index is 0.129. The van der Waals surface area contributed by atoms with Crippen molar-refractivity contribution in [2.24, 2.45) is 0 Å². The molecule has 2 aliphatic heterocycles. The van der Waals surface area contributed by atoms with E-state index in [4.69, 9.17) is 18.6 Å². The highest BCUT2D eigenvalue weighted by molar-refractivity contribution is 5.99. The van der Waals surface area contributed by atoms with Crippen molar-refractivity contribution in [3.63, 3.8) is 0 Å². The van der Waals surface area contributed by atoms with Gasteiger partial charge < -0.3 is 28.4 Å². The molecule has 32 heavy (non-hydrogen) atoms. The Morgan fingerprint density at radius 3 is 2.44 bits per heavy atom. The van der Waals surface area contributed by atoms with E-state index in [9.17, 15) is 9.59 Å². The third kappa shape index (κ3) is 3.67. The fourth-order valence-electron chi connectivity index (χ4n) is 4.18. The minimum atomic E-state index is -0.684. The van der Waals surface area contributed by atoms with E-state index in [1.54, 1.807) is 23.0 Å². The van der Waals surface area contributed by atoms with Gasteiger partial charge >= 0.3 is 0 Å². The first-order valence-corrected chi connectivity index (χ1v) is 10.6. The van der Waals surface area contributed by atoms with Crippen molar-refractivity contribution in [2.75, 3.05) is 39.9 Å². The predicted molar refractivity (Wildman–Crippen MR) is 116 cm³/mol. The summed E-state index contributed by atoms with van der Waals surface area (Å²) in [6, 6.07) is 14.8. The van der Waals surface area contributed by atoms with Gasteiger partial charge in [0, 0.05) is 44.2 Å². The molecular weight excluding hydrogens is 412 g/mol. The quantitative estimate of drug-likeness (QED) is 0.626. The van der Waals surface area contributed by atoms with Crippen molar-refractivity contribution in [3.05, 3.63) is 59.9 Å². The third-order valence-corrected chi connectivity index (χ3v) is 5.84. The summed E-state index contributed by atoms with van der Waals surface area (Å²) < 4.78 is 22.7. The lowest BCUT2D eigenvalue weighted by Crippen LogP contribution is -2.55. The summed E-state index contributed by atoms with van der Waals surface area (Å²) in [7, 11) is 1.59. The van der Waals surface area contributed by atoms with Crippen LogP contribution in [0.4, 0.5) is 0 Å². The van der Waals surface area contributed by atoms with Crippen molar-refractivity contribution in [3.8, 4) is 11.5 Å². The molecule has 0 radical (unpaired) electrons. The number of amides is 2. The van der Waals surface area contributed by atoms with Crippen LogP contribution in [0.5, 0.6) is 11.5 Å². The zero-order valence-corrected chi connectivity index (χ0v) is 17.8. The second-order valence-corrected chi connectivity index (χ2v) is 7.82. The summed E-state index contributed by atoms with van der Waals surface area (Å²) in [5.74, 6) is 1.20. The van der Waals surface area contributed by atoms with Crippen LogP contribution in [0, 0.1) is 0 Å². The average molecular weight is 436 g/mol. The molecule has 2 aromatic carbocycles. The van der Waals surface area contributed by atoms with Gasteiger partial charge in [-0.2, -0.15) is 0 Å². The second kappa shape index (κ2) is 8.55. The number of fused-ring (bicyclic) bond motifs is 2. The Balaban J connectivity index is 1.25. The van der Waals surface area contributed by atoms with Gasteiger partial charge in [0.1, 0.15) is 12.2 Å². The molecule has 5 rings (SSSR count). The summed E-state index contributed by atoms with van der Waals surface area (Å²) in [5, 5.41) is 0.876. The highest BCUT2D eigenvalue weighted by Gasteiger charge is 2.34. The molecule has 2 amide bonds. The van der Waals surface area contributed by atoms with Crippen LogP contribution in [0.1, 0.15) is 16.1 Å². The highest BCUT2D eigenvalue weighted by atomic mass is 16.6. The van der Waals surface area contributed by atoms with Gasteiger partial charge in [-0.05, 0) is 18.2 Å². The van der Waals surface area contributed by atoms with Gasteiger partial charge in [-0.1, -0.05) is 30.3 Å². The topological polar surface area (TPSA) is 81.5 Å². The van der Waals surface area contributed by atoms with Crippen molar-refractivity contribution in [1.29, 1.82) is 0 Å². The SMILES string of the molecule is COCc1c(C(=O)N2CCN(C(=O)[C@H]3COc4ccccc4O3)CC2)oc2ccccc12. The van der Waals surface area contributed by atoms with Crippen molar-refractivity contribution >= 4 is 22.8 Å². The molecule has 3 aromatic rings. The fourth-order valence-corrected chi connectivity index (χ4v) is 4.18. The first kappa shape index (κ1) is 20.4. The molecule has 0 spiro atoms.